The van der Waals surface area contributed by atoms with E-state index in [9.17, 15) is 4.79 Å². The predicted molar refractivity (Wildman–Crippen MR) is 67.7 cm³/mol. The van der Waals surface area contributed by atoms with Crippen molar-refractivity contribution >= 4 is 11.6 Å². The quantitative estimate of drug-likeness (QED) is 0.849. The van der Waals surface area contributed by atoms with Gasteiger partial charge in [0, 0.05) is 12.1 Å². The summed E-state index contributed by atoms with van der Waals surface area (Å²) in [5.41, 5.74) is 2.75. The van der Waals surface area contributed by atoms with Crippen LogP contribution in [0.15, 0.2) is 35.6 Å². The standard InChI is InChI=1S/C14H17NO2/c1-9-4-6-12(7-5-9)15-14(16)13-8-10(2)17-11(13)3/h4-7,10H,8H2,1-3H3,(H,15,16). The van der Waals surface area contributed by atoms with Gasteiger partial charge in [-0.15, -0.1) is 0 Å². The molecule has 1 aromatic carbocycles. The molecular formula is C14H17NO2. The van der Waals surface area contributed by atoms with Gasteiger partial charge in [-0.1, -0.05) is 17.7 Å². The Balaban J connectivity index is 2.07. The van der Waals surface area contributed by atoms with Gasteiger partial charge < -0.3 is 10.1 Å². The summed E-state index contributed by atoms with van der Waals surface area (Å²) in [6, 6.07) is 7.76. The minimum atomic E-state index is -0.0595. The molecule has 3 heteroatoms. The molecule has 1 aliphatic heterocycles. The van der Waals surface area contributed by atoms with Gasteiger partial charge in [-0.2, -0.15) is 0 Å². The van der Waals surface area contributed by atoms with Gasteiger partial charge in [0.1, 0.15) is 5.76 Å². The lowest BCUT2D eigenvalue weighted by Crippen LogP contribution is -2.14. The minimum Gasteiger partial charge on any atom is -0.495 e. The normalized spacial score (nSPS) is 19.1. The SMILES string of the molecule is CC1=C(C(=O)Nc2ccc(C)cc2)CC(C)O1. The fourth-order valence-corrected chi connectivity index (χ4v) is 1.94. The zero-order chi connectivity index (χ0) is 12.4. The van der Waals surface area contributed by atoms with Crippen molar-refractivity contribution in [3.63, 3.8) is 0 Å². The number of amides is 1. The van der Waals surface area contributed by atoms with Gasteiger partial charge >= 0.3 is 0 Å². The van der Waals surface area contributed by atoms with Crippen molar-refractivity contribution < 1.29 is 9.53 Å². The lowest BCUT2D eigenvalue weighted by molar-refractivity contribution is -0.113. The Morgan fingerprint density at radius 3 is 2.47 bits per heavy atom. The van der Waals surface area contributed by atoms with Gasteiger partial charge in [0.05, 0.1) is 11.7 Å². The van der Waals surface area contributed by atoms with Crippen molar-refractivity contribution in [2.45, 2.75) is 33.3 Å². The van der Waals surface area contributed by atoms with E-state index in [1.54, 1.807) is 0 Å². The van der Waals surface area contributed by atoms with E-state index < -0.39 is 0 Å². The second-order valence-electron chi connectivity index (χ2n) is 4.49. The van der Waals surface area contributed by atoms with Gasteiger partial charge in [0.2, 0.25) is 0 Å². The highest BCUT2D eigenvalue weighted by molar-refractivity contribution is 6.04. The molecule has 3 nitrogen and oxygen atoms in total. The zero-order valence-electron chi connectivity index (χ0n) is 10.4. The number of hydrogen-bond donors (Lipinski definition) is 1. The second-order valence-corrected chi connectivity index (χ2v) is 4.49. The van der Waals surface area contributed by atoms with Crippen molar-refractivity contribution in [1.82, 2.24) is 0 Å². The summed E-state index contributed by atoms with van der Waals surface area (Å²) >= 11 is 0. The van der Waals surface area contributed by atoms with Crippen molar-refractivity contribution in [3.8, 4) is 0 Å². The molecule has 1 aliphatic rings. The van der Waals surface area contributed by atoms with Crippen LogP contribution in [0.25, 0.3) is 0 Å². The fourth-order valence-electron chi connectivity index (χ4n) is 1.94. The molecule has 0 bridgehead atoms. The fraction of sp³-hybridized carbons (Fsp3) is 0.357. The molecule has 0 saturated carbocycles. The molecular weight excluding hydrogens is 214 g/mol. The number of benzene rings is 1. The van der Waals surface area contributed by atoms with E-state index in [1.807, 2.05) is 45.0 Å². The van der Waals surface area contributed by atoms with Crippen molar-refractivity contribution in [2.75, 3.05) is 5.32 Å². The molecule has 0 aliphatic carbocycles. The summed E-state index contributed by atoms with van der Waals surface area (Å²) in [5.74, 6) is 0.679. The lowest BCUT2D eigenvalue weighted by atomic mass is 10.1. The van der Waals surface area contributed by atoms with Gasteiger partial charge in [-0.3, -0.25) is 4.79 Å². The Hall–Kier alpha value is -1.77. The first-order chi connectivity index (χ1) is 8.06. The Kier molecular flexibility index (Phi) is 3.18. The highest BCUT2D eigenvalue weighted by Gasteiger charge is 2.24. The minimum absolute atomic E-state index is 0.0595. The Bertz CT molecular complexity index is 460. The monoisotopic (exact) mass is 231 g/mol. The Morgan fingerprint density at radius 2 is 1.94 bits per heavy atom. The number of ether oxygens (including phenoxy) is 1. The molecule has 0 saturated heterocycles. The molecule has 1 N–H and O–H groups in total. The lowest BCUT2D eigenvalue weighted by Gasteiger charge is -2.05. The van der Waals surface area contributed by atoms with E-state index >= 15 is 0 Å². The van der Waals surface area contributed by atoms with Crippen molar-refractivity contribution in [3.05, 3.63) is 41.2 Å². The second kappa shape index (κ2) is 4.62. The maximum Gasteiger partial charge on any atom is 0.255 e. The predicted octanol–water partition coefficient (Wildman–Crippen LogP) is 3.02. The first-order valence-corrected chi connectivity index (χ1v) is 5.80. The topological polar surface area (TPSA) is 38.3 Å². The van der Waals surface area contributed by atoms with Crippen LogP contribution in [0, 0.1) is 6.92 Å². The molecule has 1 unspecified atom stereocenters. The van der Waals surface area contributed by atoms with E-state index in [2.05, 4.69) is 5.32 Å². The van der Waals surface area contributed by atoms with Crippen molar-refractivity contribution in [1.29, 1.82) is 0 Å². The van der Waals surface area contributed by atoms with Gasteiger partial charge in [-0.25, -0.2) is 0 Å². The summed E-state index contributed by atoms with van der Waals surface area (Å²) < 4.78 is 5.47. The molecule has 1 atom stereocenters. The van der Waals surface area contributed by atoms with Crippen LogP contribution >= 0.6 is 0 Å². The van der Waals surface area contributed by atoms with Crippen LogP contribution in [0.1, 0.15) is 25.8 Å². The average Bonchev–Trinajstić information content (AvgIpc) is 2.61. The van der Waals surface area contributed by atoms with Gasteiger partial charge in [-0.05, 0) is 32.9 Å². The van der Waals surface area contributed by atoms with Crippen LogP contribution in [0.5, 0.6) is 0 Å². The van der Waals surface area contributed by atoms with E-state index in [1.165, 1.54) is 5.56 Å². The zero-order valence-corrected chi connectivity index (χ0v) is 10.4. The van der Waals surface area contributed by atoms with Crippen LogP contribution in [0.2, 0.25) is 0 Å². The number of carbonyl (C=O) groups excluding carboxylic acids is 1. The molecule has 0 fully saturated rings. The van der Waals surface area contributed by atoms with Crippen molar-refractivity contribution in [2.24, 2.45) is 0 Å². The van der Waals surface area contributed by atoms with E-state index in [-0.39, 0.29) is 12.0 Å². The molecule has 90 valence electrons. The molecule has 0 radical (unpaired) electrons. The highest BCUT2D eigenvalue weighted by atomic mass is 16.5. The third-order valence-electron chi connectivity index (χ3n) is 2.88. The first-order valence-electron chi connectivity index (χ1n) is 5.80. The summed E-state index contributed by atoms with van der Waals surface area (Å²) in [6.07, 6.45) is 0.789. The third-order valence-corrected chi connectivity index (χ3v) is 2.88. The number of carbonyl (C=O) groups is 1. The molecule has 0 aromatic heterocycles. The summed E-state index contributed by atoms with van der Waals surface area (Å²) in [5, 5.41) is 2.89. The molecule has 2 rings (SSSR count). The van der Waals surface area contributed by atoms with Crippen LogP contribution in [-0.4, -0.2) is 12.0 Å². The summed E-state index contributed by atoms with van der Waals surface area (Å²) in [4.78, 5) is 12.0. The number of allylic oxidation sites excluding steroid dienone is 1. The maximum atomic E-state index is 12.0. The summed E-state index contributed by atoms with van der Waals surface area (Å²) in [7, 11) is 0. The molecule has 1 heterocycles. The molecule has 1 aromatic rings. The molecule has 1 amide bonds. The number of anilines is 1. The van der Waals surface area contributed by atoms with Gasteiger partial charge in [0.15, 0.2) is 0 Å². The third kappa shape index (κ3) is 2.67. The number of hydrogen-bond acceptors (Lipinski definition) is 2. The molecule has 17 heavy (non-hydrogen) atoms. The van der Waals surface area contributed by atoms with E-state index in [0.717, 1.165) is 17.0 Å². The summed E-state index contributed by atoms with van der Waals surface area (Å²) in [6.45, 7) is 5.83. The van der Waals surface area contributed by atoms with Crippen LogP contribution in [0.4, 0.5) is 5.69 Å². The number of aryl methyl sites for hydroxylation is 1. The van der Waals surface area contributed by atoms with Crippen LogP contribution in [0.3, 0.4) is 0 Å². The Morgan fingerprint density at radius 1 is 1.29 bits per heavy atom. The first kappa shape index (κ1) is 11.7. The van der Waals surface area contributed by atoms with Crippen LogP contribution in [-0.2, 0) is 9.53 Å². The maximum absolute atomic E-state index is 12.0. The van der Waals surface area contributed by atoms with E-state index in [0.29, 0.717) is 6.42 Å². The largest absolute Gasteiger partial charge is 0.495 e. The average molecular weight is 231 g/mol. The van der Waals surface area contributed by atoms with E-state index in [4.69, 9.17) is 4.74 Å². The number of nitrogens with one attached hydrogen (secondary N) is 1. The smallest absolute Gasteiger partial charge is 0.255 e. The van der Waals surface area contributed by atoms with Gasteiger partial charge in [0.25, 0.3) is 5.91 Å². The highest BCUT2D eigenvalue weighted by Crippen LogP contribution is 2.25. The molecule has 0 spiro atoms. The Labute approximate surface area is 101 Å². The van der Waals surface area contributed by atoms with Crippen LogP contribution < -0.4 is 5.32 Å². The number of rotatable bonds is 2.